The van der Waals surface area contributed by atoms with Gasteiger partial charge in [-0.2, -0.15) is 0 Å². The van der Waals surface area contributed by atoms with Gasteiger partial charge in [-0.1, -0.05) is 25.7 Å². The lowest BCUT2D eigenvalue weighted by molar-refractivity contribution is -0.122. The fourth-order valence-corrected chi connectivity index (χ4v) is 2.34. The van der Waals surface area contributed by atoms with Gasteiger partial charge >= 0.3 is 0 Å². The molecule has 1 amide bonds. The summed E-state index contributed by atoms with van der Waals surface area (Å²) in [6, 6.07) is 0. The maximum absolute atomic E-state index is 11.5. The van der Waals surface area contributed by atoms with Gasteiger partial charge in [0.2, 0.25) is 5.91 Å². The Kier molecular flexibility index (Phi) is 6.52. The van der Waals surface area contributed by atoms with Gasteiger partial charge in [-0.25, -0.2) is 0 Å². The van der Waals surface area contributed by atoms with Crippen LogP contribution in [0.2, 0.25) is 0 Å². The molecule has 0 radical (unpaired) electrons. The maximum Gasteiger partial charge on any atom is 0.220 e. The van der Waals surface area contributed by atoms with E-state index in [-0.39, 0.29) is 5.91 Å². The average molecular weight is 242 g/mol. The van der Waals surface area contributed by atoms with E-state index in [9.17, 15) is 9.90 Å². The molecule has 1 aliphatic carbocycles. The van der Waals surface area contributed by atoms with E-state index in [0.717, 1.165) is 38.6 Å². The third kappa shape index (κ3) is 6.03. The molecule has 0 aliphatic heterocycles. The van der Waals surface area contributed by atoms with Gasteiger partial charge in [-0.3, -0.25) is 4.79 Å². The molecule has 1 aliphatic rings. The predicted molar refractivity (Wildman–Crippen MR) is 68.8 cm³/mol. The standard InChI is InChI=1S/C13H26N2O2/c1-14-10-6-7-12(16)15-11-13(17)8-4-2-3-5-9-13/h14,17H,2-11H2,1H3,(H,15,16). The van der Waals surface area contributed by atoms with Crippen molar-refractivity contribution in [1.82, 2.24) is 10.6 Å². The summed E-state index contributed by atoms with van der Waals surface area (Å²) in [5, 5.41) is 16.2. The molecule has 3 N–H and O–H groups in total. The second-order valence-corrected chi connectivity index (χ2v) is 5.12. The van der Waals surface area contributed by atoms with Gasteiger partial charge in [-0.05, 0) is 32.9 Å². The lowest BCUT2D eigenvalue weighted by atomic mass is 9.94. The van der Waals surface area contributed by atoms with Crippen molar-refractivity contribution in [2.45, 2.75) is 57.0 Å². The van der Waals surface area contributed by atoms with Crippen molar-refractivity contribution in [2.75, 3.05) is 20.1 Å². The highest BCUT2D eigenvalue weighted by Gasteiger charge is 2.28. The van der Waals surface area contributed by atoms with Crippen LogP contribution < -0.4 is 10.6 Å². The van der Waals surface area contributed by atoms with E-state index in [4.69, 9.17) is 0 Å². The van der Waals surface area contributed by atoms with Crippen LogP contribution in [-0.4, -0.2) is 36.8 Å². The Bertz CT molecular complexity index is 223. The number of carbonyl (C=O) groups is 1. The van der Waals surface area contributed by atoms with Gasteiger partial charge in [0, 0.05) is 13.0 Å². The van der Waals surface area contributed by atoms with Crippen LogP contribution in [0.15, 0.2) is 0 Å². The summed E-state index contributed by atoms with van der Waals surface area (Å²) in [5.41, 5.74) is -0.658. The van der Waals surface area contributed by atoms with Crippen LogP contribution in [0.25, 0.3) is 0 Å². The first-order chi connectivity index (χ1) is 8.16. The molecule has 0 bridgehead atoms. The fourth-order valence-electron chi connectivity index (χ4n) is 2.34. The summed E-state index contributed by atoms with van der Waals surface area (Å²) in [6.07, 6.45) is 7.60. The summed E-state index contributed by atoms with van der Waals surface area (Å²) in [4.78, 5) is 11.5. The summed E-state index contributed by atoms with van der Waals surface area (Å²) in [5.74, 6) is 0.0536. The molecule has 4 heteroatoms. The Balaban J connectivity index is 2.20. The first-order valence-corrected chi connectivity index (χ1v) is 6.80. The summed E-state index contributed by atoms with van der Waals surface area (Å²) in [6.45, 7) is 1.28. The van der Waals surface area contributed by atoms with Crippen LogP contribution in [0.1, 0.15) is 51.4 Å². The van der Waals surface area contributed by atoms with Gasteiger partial charge in [0.05, 0.1) is 5.60 Å². The second kappa shape index (κ2) is 7.67. The molecule has 0 aromatic heterocycles. The number of hydrogen-bond donors (Lipinski definition) is 3. The normalized spacial score (nSPS) is 19.6. The molecule has 1 rings (SSSR count). The summed E-state index contributed by atoms with van der Waals surface area (Å²) in [7, 11) is 1.88. The van der Waals surface area contributed by atoms with E-state index < -0.39 is 5.60 Å². The minimum absolute atomic E-state index is 0.0536. The van der Waals surface area contributed by atoms with Crippen LogP contribution in [0.5, 0.6) is 0 Å². The van der Waals surface area contributed by atoms with Gasteiger partial charge in [0.25, 0.3) is 0 Å². The lowest BCUT2D eigenvalue weighted by Crippen LogP contribution is -2.42. The molecule has 0 spiro atoms. The molecule has 17 heavy (non-hydrogen) atoms. The van der Waals surface area contributed by atoms with Crippen molar-refractivity contribution in [3.05, 3.63) is 0 Å². The molecule has 0 heterocycles. The van der Waals surface area contributed by atoms with Crippen molar-refractivity contribution >= 4 is 5.91 Å². The first kappa shape index (κ1) is 14.5. The van der Waals surface area contributed by atoms with E-state index in [0.29, 0.717) is 13.0 Å². The van der Waals surface area contributed by atoms with E-state index in [1.54, 1.807) is 0 Å². The highest BCUT2D eigenvalue weighted by Crippen LogP contribution is 2.26. The third-order valence-corrected chi connectivity index (χ3v) is 3.48. The number of carbonyl (C=O) groups excluding carboxylic acids is 1. The fraction of sp³-hybridized carbons (Fsp3) is 0.923. The van der Waals surface area contributed by atoms with E-state index in [1.165, 1.54) is 12.8 Å². The topological polar surface area (TPSA) is 61.4 Å². The van der Waals surface area contributed by atoms with Crippen LogP contribution in [-0.2, 0) is 4.79 Å². The van der Waals surface area contributed by atoms with Crippen LogP contribution in [0.4, 0.5) is 0 Å². The van der Waals surface area contributed by atoms with E-state index in [2.05, 4.69) is 10.6 Å². The van der Waals surface area contributed by atoms with Crippen LogP contribution >= 0.6 is 0 Å². The highest BCUT2D eigenvalue weighted by molar-refractivity contribution is 5.75. The third-order valence-electron chi connectivity index (χ3n) is 3.48. The molecular weight excluding hydrogens is 216 g/mol. The molecule has 1 saturated carbocycles. The number of amides is 1. The monoisotopic (exact) mass is 242 g/mol. The van der Waals surface area contributed by atoms with Gasteiger partial charge in [0.1, 0.15) is 0 Å². The number of hydrogen-bond acceptors (Lipinski definition) is 3. The van der Waals surface area contributed by atoms with Crippen molar-refractivity contribution < 1.29 is 9.90 Å². The van der Waals surface area contributed by atoms with Crippen molar-refractivity contribution in [1.29, 1.82) is 0 Å². The molecule has 0 unspecified atom stereocenters. The molecule has 0 aromatic rings. The smallest absolute Gasteiger partial charge is 0.220 e. The van der Waals surface area contributed by atoms with Crippen molar-refractivity contribution in [3.8, 4) is 0 Å². The summed E-state index contributed by atoms with van der Waals surface area (Å²) < 4.78 is 0. The Morgan fingerprint density at radius 1 is 1.24 bits per heavy atom. The minimum Gasteiger partial charge on any atom is -0.388 e. The summed E-state index contributed by atoms with van der Waals surface area (Å²) >= 11 is 0. The SMILES string of the molecule is CNCCCC(=O)NCC1(O)CCCCCC1. The highest BCUT2D eigenvalue weighted by atomic mass is 16.3. The zero-order valence-electron chi connectivity index (χ0n) is 10.9. The molecule has 0 aromatic carbocycles. The van der Waals surface area contributed by atoms with Crippen LogP contribution in [0, 0.1) is 0 Å². The van der Waals surface area contributed by atoms with Crippen molar-refractivity contribution in [3.63, 3.8) is 0 Å². The largest absolute Gasteiger partial charge is 0.388 e. The molecule has 100 valence electrons. The quantitative estimate of drug-likeness (QED) is 0.484. The predicted octanol–water partition coefficient (Wildman–Crippen LogP) is 1.19. The molecular formula is C13H26N2O2. The first-order valence-electron chi connectivity index (χ1n) is 6.80. The molecule has 1 fully saturated rings. The number of aliphatic hydroxyl groups is 1. The van der Waals surface area contributed by atoms with Crippen molar-refractivity contribution in [2.24, 2.45) is 0 Å². The second-order valence-electron chi connectivity index (χ2n) is 5.12. The lowest BCUT2D eigenvalue weighted by Gasteiger charge is -2.26. The van der Waals surface area contributed by atoms with Crippen LogP contribution in [0.3, 0.4) is 0 Å². The minimum atomic E-state index is -0.658. The Labute approximate surface area is 104 Å². The molecule has 0 atom stereocenters. The maximum atomic E-state index is 11.5. The Morgan fingerprint density at radius 2 is 1.88 bits per heavy atom. The number of rotatable bonds is 6. The van der Waals surface area contributed by atoms with Gasteiger partial charge < -0.3 is 15.7 Å². The Hall–Kier alpha value is -0.610. The Morgan fingerprint density at radius 3 is 2.47 bits per heavy atom. The van der Waals surface area contributed by atoms with E-state index >= 15 is 0 Å². The van der Waals surface area contributed by atoms with Gasteiger partial charge in [0.15, 0.2) is 0 Å². The number of nitrogens with one attached hydrogen (secondary N) is 2. The zero-order chi connectivity index (χ0) is 12.6. The molecule has 4 nitrogen and oxygen atoms in total. The van der Waals surface area contributed by atoms with E-state index in [1.807, 2.05) is 7.05 Å². The zero-order valence-corrected chi connectivity index (χ0v) is 10.9. The average Bonchev–Trinajstić information content (AvgIpc) is 2.53. The molecule has 0 saturated heterocycles. The van der Waals surface area contributed by atoms with Gasteiger partial charge in [-0.15, -0.1) is 0 Å².